The van der Waals surface area contributed by atoms with Crippen LogP contribution >= 0.6 is 0 Å². The predicted octanol–water partition coefficient (Wildman–Crippen LogP) is 4.85. The second kappa shape index (κ2) is 5.95. The Morgan fingerprint density at radius 3 is 2.30 bits per heavy atom. The lowest BCUT2D eigenvalue weighted by atomic mass is 9.67. The van der Waals surface area contributed by atoms with Gasteiger partial charge in [-0.1, -0.05) is 60.7 Å². The Morgan fingerprint density at radius 2 is 1.59 bits per heavy atom. The summed E-state index contributed by atoms with van der Waals surface area (Å²) in [5.74, 6) is 0.542. The first-order valence-electron chi connectivity index (χ1n) is 9.93. The lowest BCUT2D eigenvalue weighted by molar-refractivity contribution is -0.130. The van der Waals surface area contributed by atoms with Crippen LogP contribution in [0.3, 0.4) is 0 Å². The molecule has 136 valence electrons. The second-order valence-electron chi connectivity index (χ2n) is 8.43. The summed E-state index contributed by atoms with van der Waals surface area (Å²) in [5.41, 5.74) is 7.52. The summed E-state index contributed by atoms with van der Waals surface area (Å²) in [4.78, 5) is 13.1. The van der Waals surface area contributed by atoms with E-state index in [4.69, 9.17) is 0 Å². The van der Waals surface area contributed by atoms with E-state index in [0.29, 0.717) is 5.92 Å². The largest absolute Gasteiger partial charge is 0.359 e. The minimum absolute atomic E-state index is 0.118. The molecule has 0 aliphatic heterocycles. The highest BCUT2D eigenvalue weighted by molar-refractivity contribution is 5.85. The number of amides is 1. The molecule has 0 radical (unpaired) electrons. The van der Waals surface area contributed by atoms with E-state index in [-0.39, 0.29) is 11.8 Å². The molecule has 5 rings (SSSR count). The van der Waals surface area contributed by atoms with Crippen LogP contribution in [0.5, 0.6) is 0 Å². The highest BCUT2D eigenvalue weighted by Gasteiger charge is 2.44. The van der Waals surface area contributed by atoms with Crippen LogP contribution in [0.4, 0.5) is 0 Å². The Balaban J connectivity index is 1.69. The summed E-state index contributed by atoms with van der Waals surface area (Å²) in [6.07, 6.45) is 11.9. The maximum atomic E-state index is 13.1. The molecule has 0 saturated carbocycles. The summed E-state index contributed by atoms with van der Waals surface area (Å²) < 4.78 is 0. The monoisotopic (exact) mass is 355 g/mol. The lowest BCUT2D eigenvalue weighted by Gasteiger charge is -2.36. The van der Waals surface area contributed by atoms with Crippen molar-refractivity contribution in [2.45, 2.75) is 38.0 Å². The number of carbonyl (C=O) groups is 1. The SMILES string of the molecule is CNC(=O)C1(C)CC2C=Cc3ccc(cc32)CCc2ccc3c(c2)C1C=C3. The minimum Gasteiger partial charge on any atom is -0.359 e. The zero-order valence-corrected chi connectivity index (χ0v) is 16.0. The molecule has 3 unspecified atom stereocenters. The van der Waals surface area contributed by atoms with Crippen LogP contribution in [0.15, 0.2) is 48.6 Å². The molecule has 0 heterocycles. The van der Waals surface area contributed by atoms with Crippen molar-refractivity contribution in [1.29, 1.82) is 0 Å². The fourth-order valence-electron chi connectivity index (χ4n) is 5.21. The molecule has 27 heavy (non-hydrogen) atoms. The van der Waals surface area contributed by atoms with E-state index in [1.54, 1.807) is 7.05 Å². The maximum Gasteiger partial charge on any atom is 0.226 e. The van der Waals surface area contributed by atoms with Crippen LogP contribution in [-0.2, 0) is 17.6 Å². The molecular weight excluding hydrogens is 330 g/mol. The molecule has 3 atom stereocenters. The van der Waals surface area contributed by atoms with Crippen LogP contribution in [0.2, 0.25) is 0 Å². The number of rotatable bonds is 1. The number of nitrogens with one attached hydrogen (secondary N) is 1. The van der Waals surface area contributed by atoms with Gasteiger partial charge in [0.05, 0.1) is 5.41 Å². The molecule has 1 amide bonds. The standard InChI is InChI=1S/C25H25NO/c1-25(24(27)26-2)15-20-10-9-18-7-5-16(13-21(18)20)3-4-17-6-8-19-11-12-23(25)22(19)14-17/h5-14,20,23H,3-4,15H2,1-2H3,(H,26,27). The quantitative estimate of drug-likeness (QED) is 0.778. The first-order chi connectivity index (χ1) is 13.1. The van der Waals surface area contributed by atoms with Crippen LogP contribution in [-0.4, -0.2) is 13.0 Å². The molecule has 0 saturated heterocycles. The molecule has 1 N–H and O–H groups in total. The molecule has 0 spiro atoms. The number of hydrogen-bond donors (Lipinski definition) is 1. The first kappa shape index (κ1) is 16.6. The first-order valence-corrected chi connectivity index (χ1v) is 9.93. The van der Waals surface area contributed by atoms with E-state index in [0.717, 1.165) is 19.3 Å². The fourth-order valence-corrected chi connectivity index (χ4v) is 5.21. The van der Waals surface area contributed by atoms with Gasteiger partial charge in [0.1, 0.15) is 0 Å². The number of fused-ring (bicyclic) bond motifs is 2. The molecule has 2 aromatic rings. The van der Waals surface area contributed by atoms with E-state index < -0.39 is 5.41 Å². The van der Waals surface area contributed by atoms with Crippen molar-refractivity contribution in [2.24, 2.45) is 5.41 Å². The van der Waals surface area contributed by atoms with E-state index in [1.165, 1.54) is 33.4 Å². The summed E-state index contributed by atoms with van der Waals surface area (Å²) in [5, 5.41) is 2.95. The normalized spacial score (nSPS) is 27.2. The fraction of sp³-hybridized carbons (Fsp3) is 0.320. The molecular formula is C25H25NO. The van der Waals surface area contributed by atoms with Crippen molar-refractivity contribution in [3.05, 3.63) is 81.9 Å². The topological polar surface area (TPSA) is 29.1 Å². The van der Waals surface area contributed by atoms with Gasteiger partial charge in [-0.3, -0.25) is 4.79 Å². The molecule has 2 nitrogen and oxygen atoms in total. The van der Waals surface area contributed by atoms with Gasteiger partial charge in [0, 0.05) is 18.9 Å². The van der Waals surface area contributed by atoms with E-state index in [1.807, 2.05) is 0 Å². The zero-order chi connectivity index (χ0) is 18.6. The smallest absolute Gasteiger partial charge is 0.226 e. The molecule has 3 aliphatic rings. The van der Waals surface area contributed by atoms with Crippen molar-refractivity contribution in [3.63, 3.8) is 0 Å². The summed E-state index contributed by atoms with van der Waals surface area (Å²) in [7, 11) is 1.76. The summed E-state index contributed by atoms with van der Waals surface area (Å²) >= 11 is 0. The lowest BCUT2D eigenvalue weighted by Crippen LogP contribution is -2.41. The number of benzene rings is 2. The van der Waals surface area contributed by atoms with Crippen molar-refractivity contribution >= 4 is 18.1 Å². The number of hydrogen-bond acceptors (Lipinski definition) is 1. The third-order valence-corrected chi connectivity index (χ3v) is 6.79. The van der Waals surface area contributed by atoms with Gasteiger partial charge in [0.2, 0.25) is 5.91 Å². The Labute approximate surface area is 161 Å². The number of carbonyl (C=O) groups excluding carboxylic acids is 1. The van der Waals surface area contributed by atoms with E-state index in [2.05, 4.69) is 72.9 Å². The Bertz CT molecular complexity index is 999. The van der Waals surface area contributed by atoms with Crippen molar-refractivity contribution in [3.8, 4) is 0 Å². The predicted molar refractivity (Wildman–Crippen MR) is 111 cm³/mol. The van der Waals surface area contributed by atoms with Gasteiger partial charge < -0.3 is 5.32 Å². The Hall–Kier alpha value is -2.61. The van der Waals surface area contributed by atoms with Crippen molar-refractivity contribution < 1.29 is 4.79 Å². The van der Waals surface area contributed by atoms with Gasteiger partial charge in [-0.15, -0.1) is 0 Å². The van der Waals surface area contributed by atoms with Gasteiger partial charge in [0.15, 0.2) is 0 Å². The average molecular weight is 355 g/mol. The van der Waals surface area contributed by atoms with Gasteiger partial charge in [-0.2, -0.15) is 0 Å². The van der Waals surface area contributed by atoms with Crippen molar-refractivity contribution in [2.75, 3.05) is 7.05 Å². The Kier molecular flexibility index (Phi) is 3.65. The third-order valence-electron chi connectivity index (χ3n) is 6.79. The van der Waals surface area contributed by atoms with Crippen molar-refractivity contribution in [1.82, 2.24) is 5.32 Å². The molecule has 3 aliphatic carbocycles. The van der Waals surface area contributed by atoms with Gasteiger partial charge in [-0.25, -0.2) is 0 Å². The maximum absolute atomic E-state index is 13.1. The van der Waals surface area contributed by atoms with E-state index >= 15 is 0 Å². The van der Waals surface area contributed by atoms with Crippen LogP contribution < -0.4 is 5.32 Å². The van der Waals surface area contributed by atoms with Crippen LogP contribution in [0.1, 0.15) is 58.6 Å². The van der Waals surface area contributed by atoms with Crippen LogP contribution in [0, 0.1) is 5.41 Å². The van der Waals surface area contributed by atoms with Gasteiger partial charge in [-0.05, 0) is 59.6 Å². The zero-order valence-electron chi connectivity index (χ0n) is 16.0. The summed E-state index contributed by atoms with van der Waals surface area (Å²) in [6.45, 7) is 2.14. The molecule has 0 aromatic heterocycles. The molecule has 0 fully saturated rings. The van der Waals surface area contributed by atoms with Crippen LogP contribution in [0.25, 0.3) is 12.2 Å². The molecule has 2 aromatic carbocycles. The highest BCUT2D eigenvalue weighted by Crippen LogP contribution is 2.50. The molecule has 2 heteroatoms. The van der Waals surface area contributed by atoms with Gasteiger partial charge >= 0.3 is 0 Å². The second-order valence-corrected chi connectivity index (χ2v) is 8.43. The van der Waals surface area contributed by atoms with Gasteiger partial charge in [0.25, 0.3) is 0 Å². The average Bonchev–Trinajstić information content (AvgIpc) is 3.28. The Morgan fingerprint density at radius 1 is 0.963 bits per heavy atom. The number of allylic oxidation sites excluding steroid dienone is 2. The highest BCUT2D eigenvalue weighted by atomic mass is 16.2. The van der Waals surface area contributed by atoms with E-state index in [9.17, 15) is 4.79 Å². The number of aryl methyl sites for hydroxylation is 2. The molecule has 4 bridgehead atoms. The summed E-state index contributed by atoms with van der Waals surface area (Å²) in [6, 6.07) is 13.7. The third kappa shape index (κ3) is 2.50. The minimum atomic E-state index is -0.485.